The summed E-state index contributed by atoms with van der Waals surface area (Å²) in [6, 6.07) is 27.9. The minimum Gasteiger partial charge on any atom is -0.497 e. The van der Waals surface area contributed by atoms with Crippen molar-refractivity contribution in [2.24, 2.45) is 0 Å². The topological polar surface area (TPSA) is 220 Å². The fourth-order valence-corrected chi connectivity index (χ4v) is 10.9. The van der Waals surface area contributed by atoms with Crippen LogP contribution in [0.2, 0.25) is 0 Å². The fraction of sp³-hybridized carbons (Fsp3) is 0.227. The lowest BCUT2D eigenvalue weighted by molar-refractivity contribution is 0.0533. The van der Waals surface area contributed by atoms with Gasteiger partial charge in [-0.3, -0.25) is 0 Å². The molecular formula is C44H42ClN7O11S3. The number of hydrogen-bond donors (Lipinski definition) is 1. The second-order valence-electron chi connectivity index (χ2n) is 15.4. The van der Waals surface area contributed by atoms with Gasteiger partial charge in [0.25, 0.3) is 14.2 Å². The molecule has 2 heterocycles. The number of halogens is 1. The number of tetrazole rings is 1. The maximum absolute atomic E-state index is 15.7. The van der Waals surface area contributed by atoms with Gasteiger partial charge in [0.2, 0.25) is 15.8 Å². The molecule has 0 atom stereocenters. The number of alkyl carbamates (subject to hydrolysis) is 1. The first-order chi connectivity index (χ1) is 31.3. The SMILES string of the molecule is COc1ccc(CN(Cc2ccc(OC)cc2)S(=O)(=O)c2c(S(=O)(=O)Cl)ccc(-c3cccc4sc(OC(=O)NC(=O)OC(C)(C)C)nc34)c2-c2nnn(Cc3ccc(OC)cc3)n2)cc1. The number of carbonyl (C=O) groups excluding carboxylic acids is 2. The molecule has 5 aromatic carbocycles. The van der Waals surface area contributed by atoms with Crippen LogP contribution in [0.1, 0.15) is 37.5 Å². The standard InChI is InChI=1S/C44H42ClN7O11S3/c1-44(2,3)63-42(54)47-41(53)62-43-46-38-34(8-7-9-35(38)64-43)33-22-23-36(65(45,55)56)39(37(33)40-48-50-52(49-40)26-29-14-20-32(61-6)21-15-29)66(57,58)51(24-27-10-16-30(59-4)17-11-27)25-28-12-18-31(60-5)19-13-28/h7-23H,24-26H2,1-6H3,(H,47,53,54). The highest BCUT2D eigenvalue weighted by atomic mass is 35.7. The number of ether oxygens (including phenoxy) is 5. The van der Waals surface area contributed by atoms with E-state index in [9.17, 15) is 18.0 Å². The van der Waals surface area contributed by atoms with E-state index in [0.29, 0.717) is 33.1 Å². The number of carbonyl (C=O) groups is 2. The third-order valence-electron chi connectivity index (χ3n) is 9.65. The summed E-state index contributed by atoms with van der Waals surface area (Å²) in [6.07, 6.45) is -2.20. The molecule has 0 saturated carbocycles. The van der Waals surface area contributed by atoms with Gasteiger partial charge in [0.1, 0.15) is 32.6 Å². The molecule has 0 aliphatic rings. The molecule has 2 aromatic heterocycles. The maximum atomic E-state index is 15.7. The highest BCUT2D eigenvalue weighted by Crippen LogP contribution is 2.45. The second kappa shape index (κ2) is 19.4. The first-order valence-corrected chi connectivity index (χ1v) is 24.3. The monoisotopic (exact) mass is 975 g/mol. The molecule has 344 valence electrons. The lowest BCUT2D eigenvalue weighted by atomic mass is 9.98. The molecule has 0 spiro atoms. The Morgan fingerprint density at radius 1 is 0.742 bits per heavy atom. The Kier molecular flexibility index (Phi) is 13.9. The summed E-state index contributed by atoms with van der Waals surface area (Å²) in [7, 11) is 0.908. The quantitative estimate of drug-likeness (QED) is 0.0961. The number of sulfonamides is 1. The summed E-state index contributed by atoms with van der Waals surface area (Å²) in [6.45, 7) is 4.48. The van der Waals surface area contributed by atoms with Gasteiger partial charge in [-0.25, -0.2) is 36.7 Å². The number of amides is 2. The molecule has 7 rings (SSSR count). The number of hydrogen-bond acceptors (Lipinski definition) is 16. The van der Waals surface area contributed by atoms with E-state index < -0.39 is 46.7 Å². The van der Waals surface area contributed by atoms with E-state index in [2.05, 4.69) is 20.4 Å². The smallest absolute Gasteiger partial charge is 0.424 e. The Bertz CT molecular complexity index is 3070. The van der Waals surface area contributed by atoms with E-state index in [1.807, 2.05) is 5.32 Å². The van der Waals surface area contributed by atoms with Crippen molar-refractivity contribution in [3.05, 3.63) is 120 Å². The van der Waals surface area contributed by atoms with Crippen LogP contribution in [0, 0.1) is 0 Å². The lowest BCUT2D eigenvalue weighted by Crippen LogP contribution is -2.37. The van der Waals surface area contributed by atoms with Crippen LogP contribution in [0.3, 0.4) is 0 Å². The molecule has 0 unspecified atom stereocenters. The van der Waals surface area contributed by atoms with Crippen molar-refractivity contribution >= 4 is 63.5 Å². The molecule has 22 heteroatoms. The predicted molar refractivity (Wildman–Crippen MR) is 245 cm³/mol. The van der Waals surface area contributed by atoms with Gasteiger partial charge in [0.05, 0.1) is 43.7 Å². The van der Waals surface area contributed by atoms with Gasteiger partial charge < -0.3 is 23.7 Å². The lowest BCUT2D eigenvalue weighted by Gasteiger charge is -2.26. The number of thiazole rings is 1. The molecule has 1 N–H and O–H groups in total. The summed E-state index contributed by atoms with van der Waals surface area (Å²) < 4.78 is 86.8. The van der Waals surface area contributed by atoms with Crippen molar-refractivity contribution < 1.29 is 50.1 Å². The van der Waals surface area contributed by atoms with Gasteiger partial charge in [-0.1, -0.05) is 65.9 Å². The Labute approximate surface area is 388 Å². The molecule has 0 aliphatic carbocycles. The molecule has 0 fully saturated rings. The largest absolute Gasteiger partial charge is 0.497 e. The molecule has 0 radical (unpaired) electrons. The minimum absolute atomic E-state index is 0.0801. The first-order valence-electron chi connectivity index (χ1n) is 19.8. The van der Waals surface area contributed by atoms with Crippen LogP contribution < -0.4 is 24.3 Å². The van der Waals surface area contributed by atoms with Crippen molar-refractivity contribution in [2.45, 2.75) is 55.8 Å². The number of methoxy groups -OCH3 is 3. The Hall–Kier alpha value is -6.65. The first kappa shape index (κ1) is 47.3. The van der Waals surface area contributed by atoms with Crippen molar-refractivity contribution in [3.63, 3.8) is 0 Å². The Morgan fingerprint density at radius 3 is 1.83 bits per heavy atom. The summed E-state index contributed by atoms with van der Waals surface area (Å²) >= 11 is 0.950. The summed E-state index contributed by atoms with van der Waals surface area (Å²) in [4.78, 5) is 29.4. The average Bonchev–Trinajstić information content (AvgIpc) is 3.92. The van der Waals surface area contributed by atoms with Gasteiger partial charge in [-0.2, -0.15) is 9.10 Å². The van der Waals surface area contributed by atoms with Crippen LogP contribution in [0.15, 0.2) is 113 Å². The summed E-state index contributed by atoms with van der Waals surface area (Å²) in [5, 5.41) is 15.0. The van der Waals surface area contributed by atoms with E-state index in [1.54, 1.807) is 112 Å². The van der Waals surface area contributed by atoms with E-state index in [1.165, 1.54) is 32.2 Å². The molecular weight excluding hydrogens is 934 g/mol. The zero-order chi connectivity index (χ0) is 47.4. The van der Waals surface area contributed by atoms with Gasteiger partial charge in [-0.05, 0) is 96.8 Å². The number of benzene rings is 5. The van der Waals surface area contributed by atoms with Crippen LogP contribution in [0.4, 0.5) is 9.59 Å². The zero-order valence-electron chi connectivity index (χ0n) is 36.2. The van der Waals surface area contributed by atoms with Crippen molar-refractivity contribution in [2.75, 3.05) is 21.3 Å². The van der Waals surface area contributed by atoms with Gasteiger partial charge in [0, 0.05) is 29.3 Å². The number of nitrogens with zero attached hydrogens (tertiary/aromatic N) is 6. The third kappa shape index (κ3) is 11.1. The van der Waals surface area contributed by atoms with Crippen LogP contribution in [-0.4, -0.2) is 85.4 Å². The number of rotatable bonds is 15. The van der Waals surface area contributed by atoms with E-state index in [4.69, 9.17) is 34.4 Å². The predicted octanol–water partition coefficient (Wildman–Crippen LogP) is 8.03. The summed E-state index contributed by atoms with van der Waals surface area (Å²) in [5.74, 6) is 1.41. The normalized spacial score (nSPS) is 11.9. The second-order valence-corrected chi connectivity index (χ2v) is 20.8. The van der Waals surface area contributed by atoms with Gasteiger partial charge >= 0.3 is 12.2 Å². The van der Waals surface area contributed by atoms with Crippen LogP contribution in [0.25, 0.3) is 32.7 Å². The van der Waals surface area contributed by atoms with Crippen molar-refractivity contribution in [1.29, 1.82) is 0 Å². The van der Waals surface area contributed by atoms with Crippen LogP contribution >= 0.6 is 22.0 Å². The highest BCUT2D eigenvalue weighted by molar-refractivity contribution is 8.14. The third-order valence-corrected chi connectivity index (χ3v) is 13.9. The van der Waals surface area contributed by atoms with Gasteiger partial charge in [-0.15, -0.1) is 10.2 Å². The summed E-state index contributed by atoms with van der Waals surface area (Å²) in [5.41, 5.74) is 1.25. The molecule has 2 amide bonds. The maximum Gasteiger partial charge on any atom is 0.424 e. The molecule has 7 aromatic rings. The number of imide groups is 1. The number of nitrogens with one attached hydrogen (secondary N) is 1. The van der Waals surface area contributed by atoms with E-state index >= 15 is 8.42 Å². The van der Waals surface area contributed by atoms with E-state index in [0.717, 1.165) is 27.3 Å². The van der Waals surface area contributed by atoms with E-state index in [-0.39, 0.29) is 52.9 Å². The molecule has 0 bridgehead atoms. The number of para-hydroxylation sites is 1. The van der Waals surface area contributed by atoms with Crippen LogP contribution in [0.5, 0.6) is 22.4 Å². The molecule has 0 saturated heterocycles. The highest BCUT2D eigenvalue weighted by Gasteiger charge is 2.38. The fourth-order valence-electron chi connectivity index (χ4n) is 6.67. The molecule has 0 aliphatic heterocycles. The van der Waals surface area contributed by atoms with Crippen LogP contribution in [-0.2, 0) is 43.4 Å². The average molecular weight is 977 g/mol. The number of fused-ring (bicyclic) bond motifs is 1. The zero-order valence-corrected chi connectivity index (χ0v) is 39.4. The molecule has 66 heavy (non-hydrogen) atoms. The number of aromatic nitrogens is 5. The Morgan fingerprint density at radius 2 is 1.30 bits per heavy atom. The van der Waals surface area contributed by atoms with Crippen molar-refractivity contribution in [1.82, 2.24) is 34.8 Å². The minimum atomic E-state index is -4.96. The van der Waals surface area contributed by atoms with Gasteiger partial charge in [0.15, 0.2) is 0 Å². The van der Waals surface area contributed by atoms with Crippen molar-refractivity contribution in [3.8, 4) is 45.0 Å². The Balaban J connectivity index is 1.43. The molecule has 18 nitrogen and oxygen atoms in total.